The Morgan fingerprint density at radius 3 is 2.71 bits per heavy atom. The quantitative estimate of drug-likeness (QED) is 0.917. The summed E-state index contributed by atoms with van der Waals surface area (Å²) in [7, 11) is 1.52. The molecule has 0 unspecified atom stereocenters. The summed E-state index contributed by atoms with van der Waals surface area (Å²) in [4.78, 5) is 20.7. The Hall–Kier alpha value is -2.43. The Kier molecular flexibility index (Phi) is 4.87. The van der Waals surface area contributed by atoms with Crippen molar-refractivity contribution >= 4 is 5.91 Å². The molecule has 0 radical (unpaired) electrons. The van der Waals surface area contributed by atoms with Crippen molar-refractivity contribution < 1.29 is 9.53 Å². The van der Waals surface area contributed by atoms with Crippen LogP contribution in [0.2, 0.25) is 0 Å². The number of hydrogen-bond donors (Lipinski definition) is 1. The van der Waals surface area contributed by atoms with Gasteiger partial charge in [0.05, 0.1) is 18.8 Å². The van der Waals surface area contributed by atoms with Gasteiger partial charge in [0.2, 0.25) is 5.88 Å². The number of aryl methyl sites for hydroxylation is 1. The molecule has 0 aliphatic carbocycles. The van der Waals surface area contributed by atoms with Crippen molar-refractivity contribution in [3.05, 3.63) is 53.5 Å². The van der Waals surface area contributed by atoms with Gasteiger partial charge in [0, 0.05) is 24.0 Å². The van der Waals surface area contributed by atoms with Crippen molar-refractivity contribution in [1.82, 2.24) is 15.3 Å². The SMILES string of the molecule is CC[C@H](NC(=O)c1ccnc(OC)c1)c1cc(C)ccn1. The zero-order chi connectivity index (χ0) is 15.2. The summed E-state index contributed by atoms with van der Waals surface area (Å²) in [6.07, 6.45) is 4.08. The maximum atomic E-state index is 12.3. The van der Waals surface area contributed by atoms with Crippen molar-refractivity contribution in [2.24, 2.45) is 0 Å². The second-order valence-electron chi connectivity index (χ2n) is 4.78. The minimum absolute atomic E-state index is 0.114. The van der Waals surface area contributed by atoms with E-state index in [-0.39, 0.29) is 11.9 Å². The predicted molar refractivity (Wildman–Crippen MR) is 80.3 cm³/mol. The minimum Gasteiger partial charge on any atom is -0.481 e. The molecule has 0 spiro atoms. The van der Waals surface area contributed by atoms with Crippen LogP contribution < -0.4 is 10.1 Å². The summed E-state index contributed by atoms with van der Waals surface area (Å²) in [5.74, 6) is 0.259. The summed E-state index contributed by atoms with van der Waals surface area (Å²) in [5, 5.41) is 2.99. The van der Waals surface area contributed by atoms with Gasteiger partial charge in [-0.1, -0.05) is 6.92 Å². The van der Waals surface area contributed by atoms with Gasteiger partial charge < -0.3 is 10.1 Å². The maximum absolute atomic E-state index is 12.3. The fraction of sp³-hybridized carbons (Fsp3) is 0.312. The first kappa shape index (κ1) is 15.0. The lowest BCUT2D eigenvalue weighted by Crippen LogP contribution is -2.28. The topological polar surface area (TPSA) is 64.1 Å². The number of rotatable bonds is 5. The van der Waals surface area contributed by atoms with Crippen molar-refractivity contribution in [3.63, 3.8) is 0 Å². The highest BCUT2D eigenvalue weighted by Crippen LogP contribution is 2.17. The number of ether oxygens (including phenoxy) is 1. The first-order chi connectivity index (χ1) is 10.1. The molecule has 1 atom stereocenters. The average Bonchev–Trinajstić information content (AvgIpc) is 2.52. The number of carbonyl (C=O) groups is 1. The van der Waals surface area contributed by atoms with E-state index in [1.807, 2.05) is 26.0 Å². The Bertz CT molecular complexity index is 628. The van der Waals surface area contributed by atoms with Gasteiger partial charge >= 0.3 is 0 Å². The molecule has 5 heteroatoms. The lowest BCUT2D eigenvalue weighted by atomic mass is 10.1. The van der Waals surface area contributed by atoms with E-state index < -0.39 is 0 Å². The number of methoxy groups -OCH3 is 1. The fourth-order valence-electron chi connectivity index (χ4n) is 2.04. The van der Waals surface area contributed by atoms with Gasteiger partial charge in [-0.05, 0) is 37.1 Å². The van der Waals surface area contributed by atoms with Crippen molar-refractivity contribution in [2.75, 3.05) is 7.11 Å². The van der Waals surface area contributed by atoms with E-state index in [0.717, 1.165) is 17.7 Å². The Morgan fingerprint density at radius 1 is 1.29 bits per heavy atom. The molecule has 0 bridgehead atoms. The largest absolute Gasteiger partial charge is 0.481 e. The van der Waals surface area contributed by atoms with Crippen LogP contribution in [0.5, 0.6) is 5.88 Å². The zero-order valence-electron chi connectivity index (χ0n) is 12.5. The third-order valence-electron chi connectivity index (χ3n) is 3.21. The van der Waals surface area contributed by atoms with Crippen LogP contribution in [0.1, 0.15) is 41.0 Å². The highest BCUT2D eigenvalue weighted by Gasteiger charge is 2.16. The number of carbonyl (C=O) groups excluding carboxylic acids is 1. The van der Waals surface area contributed by atoms with E-state index in [2.05, 4.69) is 15.3 Å². The van der Waals surface area contributed by atoms with Crippen LogP contribution >= 0.6 is 0 Å². The molecule has 0 aliphatic heterocycles. The van der Waals surface area contributed by atoms with Crippen molar-refractivity contribution in [1.29, 1.82) is 0 Å². The maximum Gasteiger partial charge on any atom is 0.252 e. The highest BCUT2D eigenvalue weighted by molar-refractivity contribution is 5.94. The van der Waals surface area contributed by atoms with Gasteiger partial charge in [0.15, 0.2) is 0 Å². The van der Waals surface area contributed by atoms with Crippen LogP contribution in [-0.2, 0) is 0 Å². The molecule has 0 saturated carbocycles. The smallest absolute Gasteiger partial charge is 0.252 e. The number of amides is 1. The molecule has 0 fully saturated rings. The lowest BCUT2D eigenvalue weighted by molar-refractivity contribution is 0.0934. The van der Waals surface area contributed by atoms with E-state index in [4.69, 9.17) is 4.74 Å². The first-order valence-electron chi connectivity index (χ1n) is 6.87. The first-order valence-corrected chi connectivity index (χ1v) is 6.87. The molecule has 5 nitrogen and oxygen atoms in total. The molecule has 110 valence electrons. The highest BCUT2D eigenvalue weighted by atomic mass is 16.5. The molecule has 2 aromatic rings. The van der Waals surface area contributed by atoms with Gasteiger partial charge in [0.1, 0.15) is 0 Å². The van der Waals surface area contributed by atoms with Gasteiger partial charge in [-0.15, -0.1) is 0 Å². The minimum atomic E-state index is -0.161. The summed E-state index contributed by atoms with van der Waals surface area (Å²) < 4.78 is 5.03. The molecule has 0 aliphatic rings. The number of aromatic nitrogens is 2. The predicted octanol–water partition coefficient (Wildman–Crippen LogP) is 2.67. The van der Waals surface area contributed by atoms with E-state index in [1.165, 1.54) is 7.11 Å². The number of pyridine rings is 2. The molecule has 2 rings (SSSR count). The Labute approximate surface area is 124 Å². The fourth-order valence-corrected chi connectivity index (χ4v) is 2.04. The zero-order valence-corrected chi connectivity index (χ0v) is 12.5. The second-order valence-corrected chi connectivity index (χ2v) is 4.78. The van der Waals surface area contributed by atoms with Crippen LogP contribution in [-0.4, -0.2) is 23.0 Å². The van der Waals surface area contributed by atoms with Gasteiger partial charge in [-0.3, -0.25) is 9.78 Å². The molecule has 0 aromatic carbocycles. The van der Waals surface area contributed by atoms with E-state index in [1.54, 1.807) is 24.5 Å². The monoisotopic (exact) mass is 285 g/mol. The molecule has 1 amide bonds. The summed E-state index contributed by atoms with van der Waals surface area (Å²) >= 11 is 0. The normalized spacial score (nSPS) is 11.8. The van der Waals surface area contributed by atoms with Gasteiger partial charge in [-0.2, -0.15) is 0 Å². The molecule has 0 saturated heterocycles. The molecule has 2 heterocycles. The number of hydrogen-bond acceptors (Lipinski definition) is 4. The summed E-state index contributed by atoms with van der Waals surface area (Å²) in [5.41, 5.74) is 2.51. The number of nitrogens with zero attached hydrogens (tertiary/aromatic N) is 2. The van der Waals surface area contributed by atoms with E-state index >= 15 is 0 Å². The van der Waals surface area contributed by atoms with Gasteiger partial charge in [0.25, 0.3) is 5.91 Å². The van der Waals surface area contributed by atoms with E-state index in [9.17, 15) is 4.79 Å². The van der Waals surface area contributed by atoms with Crippen LogP contribution in [0, 0.1) is 6.92 Å². The van der Waals surface area contributed by atoms with Gasteiger partial charge in [-0.25, -0.2) is 4.98 Å². The molecule has 1 N–H and O–H groups in total. The molecule has 2 aromatic heterocycles. The Morgan fingerprint density at radius 2 is 2.05 bits per heavy atom. The molecular formula is C16H19N3O2. The van der Waals surface area contributed by atoms with Crippen LogP contribution in [0.4, 0.5) is 0 Å². The summed E-state index contributed by atoms with van der Waals surface area (Å²) in [6.45, 7) is 4.02. The van der Waals surface area contributed by atoms with Crippen molar-refractivity contribution in [2.45, 2.75) is 26.3 Å². The van der Waals surface area contributed by atoms with E-state index in [0.29, 0.717) is 11.4 Å². The average molecular weight is 285 g/mol. The van der Waals surface area contributed by atoms with Crippen LogP contribution in [0.3, 0.4) is 0 Å². The Balaban J connectivity index is 2.16. The third-order valence-corrected chi connectivity index (χ3v) is 3.21. The number of nitrogens with one attached hydrogen (secondary N) is 1. The molecular weight excluding hydrogens is 266 g/mol. The standard InChI is InChI=1S/C16H19N3O2/c1-4-13(14-9-11(2)5-7-17-14)19-16(20)12-6-8-18-15(10-12)21-3/h5-10,13H,4H2,1-3H3,(H,19,20)/t13-/m0/s1. The third kappa shape index (κ3) is 3.78. The summed E-state index contributed by atoms with van der Waals surface area (Å²) in [6, 6.07) is 7.09. The van der Waals surface area contributed by atoms with Crippen LogP contribution in [0.15, 0.2) is 36.7 Å². The van der Waals surface area contributed by atoms with Crippen LogP contribution in [0.25, 0.3) is 0 Å². The molecule has 21 heavy (non-hydrogen) atoms. The van der Waals surface area contributed by atoms with Crippen molar-refractivity contribution in [3.8, 4) is 5.88 Å². The lowest BCUT2D eigenvalue weighted by Gasteiger charge is -2.17. The second kappa shape index (κ2) is 6.83.